The van der Waals surface area contributed by atoms with Crippen LogP contribution in [0.5, 0.6) is 5.75 Å². The summed E-state index contributed by atoms with van der Waals surface area (Å²) in [5.74, 6) is 0.711. The number of fused-ring (bicyclic) bond motifs is 1. The number of aryl methyl sites for hydroxylation is 2. The monoisotopic (exact) mass is 441 g/mol. The molecule has 0 aliphatic heterocycles. The number of amides is 2. The summed E-state index contributed by atoms with van der Waals surface area (Å²) >= 11 is 0. The highest BCUT2D eigenvalue weighted by atomic mass is 16.5. The number of carbonyl (C=O) groups excluding carboxylic acids is 1. The quantitative estimate of drug-likeness (QED) is 0.421. The van der Waals surface area contributed by atoms with E-state index in [1.54, 1.807) is 36.3 Å². The van der Waals surface area contributed by atoms with Gasteiger partial charge in [-0.1, -0.05) is 42.5 Å². The number of nitrogens with one attached hydrogen (secondary N) is 2. The molecule has 6 nitrogen and oxygen atoms in total. The Labute approximate surface area is 192 Å². The first kappa shape index (κ1) is 22.1. The molecule has 0 saturated carbocycles. The molecule has 0 atom stereocenters. The number of pyridine rings is 1. The van der Waals surface area contributed by atoms with Crippen LogP contribution in [0.25, 0.3) is 10.9 Å². The molecule has 4 rings (SSSR count). The van der Waals surface area contributed by atoms with Crippen LogP contribution in [0.1, 0.15) is 22.3 Å². The largest absolute Gasteiger partial charge is 0.497 e. The molecule has 168 valence electrons. The second-order valence-corrected chi connectivity index (χ2v) is 8.10. The number of aromatic amines is 1. The van der Waals surface area contributed by atoms with E-state index in [-0.39, 0.29) is 18.1 Å². The van der Waals surface area contributed by atoms with Gasteiger partial charge in [-0.3, -0.25) is 4.79 Å². The van der Waals surface area contributed by atoms with Gasteiger partial charge >= 0.3 is 6.03 Å². The highest BCUT2D eigenvalue weighted by molar-refractivity contribution is 5.89. The average molecular weight is 442 g/mol. The molecular weight excluding hydrogens is 414 g/mol. The minimum Gasteiger partial charge on any atom is -0.497 e. The van der Waals surface area contributed by atoms with Crippen molar-refractivity contribution >= 4 is 22.6 Å². The van der Waals surface area contributed by atoms with Gasteiger partial charge in [0, 0.05) is 17.8 Å². The summed E-state index contributed by atoms with van der Waals surface area (Å²) in [4.78, 5) is 30.8. The first-order valence-electron chi connectivity index (χ1n) is 10.8. The maximum atomic E-state index is 13.2. The number of rotatable bonds is 6. The van der Waals surface area contributed by atoms with E-state index >= 15 is 0 Å². The van der Waals surface area contributed by atoms with Crippen LogP contribution in [0, 0.1) is 13.8 Å². The zero-order valence-electron chi connectivity index (χ0n) is 19.0. The Bertz CT molecular complexity index is 1330. The van der Waals surface area contributed by atoms with Gasteiger partial charge in [-0.2, -0.15) is 0 Å². The van der Waals surface area contributed by atoms with E-state index in [2.05, 4.69) is 10.3 Å². The smallest absolute Gasteiger partial charge is 0.322 e. The number of aromatic nitrogens is 1. The Morgan fingerprint density at radius 1 is 0.970 bits per heavy atom. The number of urea groups is 1. The van der Waals surface area contributed by atoms with Crippen LogP contribution in [-0.4, -0.2) is 23.0 Å². The molecule has 1 aromatic heterocycles. The Balaban J connectivity index is 1.64. The Kier molecular flexibility index (Phi) is 6.45. The lowest BCUT2D eigenvalue weighted by molar-refractivity contribution is 0.206. The van der Waals surface area contributed by atoms with E-state index in [0.717, 1.165) is 27.6 Å². The van der Waals surface area contributed by atoms with Gasteiger partial charge < -0.3 is 19.9 Å². The van der Waals surface area contributed by atoms with Crippen molar-refractivity contribution in [2.24, 2.45) is 0 Å². The van der Waals surface area contributed by atoms with Crippen LogP contribution >= 0.6 is 0 Å². The molecule has 0 fully saturated rings. The highest BCUT2D eigenvalue weighted by Gasteiger charge is 2.17. The fraction of sp³-hybridized carbons (Fsp3) is 0.185. The third-order valence-corrected chi connectivity index (χ3v) is 5.83. The summed E-state index contributed by atoms with van der Waals surface area (Å²) in [5, 5.41) is 3.87. The second kappa shape index (κ2) is 9.61. The van der Waals surface area contributed by atoms with Crippen LogP contribution in [0.15, 0.2) is 77.6 Å². The Morgan fingerprint density at radius 2 is 1.70 bits per heavy atom. The number of benzene rings is 3. The Morgan fingerprint density at radius 3 is 2.39 bits per heavy atom. The molecule has 2 N–H and O–H groups in total. The molecule has 2 amide bonds. The van der Waals surface area contributed by atoms with E-state index in [4.69, 9.17) is 4.74 Å². The van der Waals surface area contributed by atoms with Gasteiger partial charge in [-0.15, -0.1) is 0 Å². The van der Waals surface area contributed by atoms with Gasteiger partial charge in [-0.05, 0) is 66.3 Å². The summed E-state index contributed by atoms with van der Waals surface area (Å²) in [6.45, 7) is 4.56. The summed E-state index contributed by atoms with van der Waals surface area (Å²) in [6.07, 6.45) is 0. The lowest BCUT2D eigenvalue weighted by Crippen LogP contribution is -2.35. The summed E-state index contributed by atoms with van der Waals surface area (Å²) in [6, 6.07) is 22.5. The van der Waals surface area contributed by atoms with Crippen molar-refractivity contribution in [2.45, 2.75) is 26.9 Å². The van der Waals surface area contributed by atoms with E-state index in [9.17, 15) is 9.59 Å². The number of hydrogen-bond donors (Lipinski definition) is 2. The molecule has 0 unspecified atom stereocenters. The lowest BCUT2D eigenvalue weighted by Gasteiger charge is -2.23. The molecule has 6 heteroatoms. The topological polar surface area (TPSA) is 74.4 Å². The normalized spacial score (nSPS) is 10.8. The SMILES string of the molecule is COc1ccc(NC(=O)N(Cc2ccccc2)Cc2cc3ccc(C)c(C)c3[nH]c2=O)cc1. The first-order valence-corrected chi connectivity index (χ1v) is 10.8. The third kappa shape index (κ3) is 5.06. The van der Waals surface area contributed by atoms with Gasteiger partial charge in [0.2, 0.25) is 0 Å². The van der Waals surface area contributed by atoms with E-state index in [1.807, 2.05) is 62.4 Å². The maximum absolute atomic E-state index is 13.2. The number of ether oxygens (including phenoxy) is 1. The molecule has 0 bridgehead atoms. The van der Waals surface area contributed by atoms with Crippen molar-refractivity contribution in [1.29, 1.82) is 0 Å². The number of methoxy groups -OCH3 is 1. The summed E-state index contributed by atoms with van der Waals surface area (Å²) < 4.78 is 5.18. The van der Waals surface area contributed by atoms with Crippen molar-refractivity contribution in [3.63, 3.8) is 0 Å². The summed E-state index contributed by atoms with van der Waals surface area (Å²) in [5.41, 5.74) is 4.98. The molecule has 4 aromatic rings. The van der Waals surface area contributed by atoms with Crippen molar-refractivity contribution in [1.82, 2.24) is 9.88 Å². The minimum atomic E-state index is -0.288. The van der Waals surface area contributed by atoms with Crippen LogP contribution in [-0.2, 0) is 13.1 Å². The van der Waals surface area contributed by atoms with Gasteiger partial charge in [-0.25, -0.2) is 4.79 Å². The van der Waals surface area contributed by atoms with Crippen molar-refractivity contribution in [3.8, 4) is 5.75 Å². The number of carbonyl (C=O) groups is 1. The van der Waals surface area contributed by atoms with Crippen molar-refractivity contribution < 1.29 is 9.53 Å². The molecule has 1 heterocycles. The fourth-order valence-electron chi connectivity index (χ4n) is 3.77. The minimum absolute atomic E-state index is 0.176. The van der Waals surface area contributed by atoms with Gasteiger partial charge in [0.05, 0.1) is 19.2 Å². The standard InChI is InChI=1S/C27H27N3O3/c1-18-9-10-21-15-22(26(31)29-25(21)19(18)2)17-30(16-20-7-5-4-6-8-20)27(32)28-23-11-13-24(33-3)14-12-23/h4-15H,16-17H2,1-3H3,(H,28,32)(H,29,31). The zero-order chi connectivity index (χ0) is 23.4. The Hall–Kier alpha value is -4.06. The fourth-order valence-corrected chi connectivity index (χ4v) is 3.77. The van der Waals surface area contributed by atoms with E-state index < -0.39 is 0 Å². The predicted molar refractivity (Wildman–Crippen MR) is 132 cm³/mol. The highest BCUT2D eigenvalue weighted by Crippen LogP contribution is 2.21. The molecule has 0 aliphatic carbocycles. The van der Waals surface area contributed by atoms with E-state index in [1.165, 1.54) is 0 Å². The van der Waals surface area contributed by atoms with Crippen molar-refractivity contribution in [2.75, 3.05) is 12.4 Å². The number of anilines is 1. The molecule has 33 heavy (non-hydrogen) atoms. The van der Waals surface area contributed by atoms with Gasteiger partial charge in [0.25, 0.3) is 5.56 Å². The molecule has 0 radical (unpaired) electrons. The van der Waals surface area contributed by atoms with Gasteiger partial charge in [0.1, 0.15) is 5.75 Å². The third-order valence-electron chi connectivity index (χ3n) is 5.83. The molecule has 3 aromatic carbocycles. The average Bonchev–Trinajstić information content (AvgIpc) is 2.83. The maximum Gasteiger partial charge on any atom is 0.322 e. The predicted octanol–water partition coefficient (Wildman–Crippen LogP) is 5.39. The molecule has 0 aliphatic rings. The lowest BCUT2D eigenvalue weighted by atomic mass is 10.0. The zero-order valence-corrected chi connectivity index (χ0v) is 19.0. The van der Waals surface area contributed by atoms with Crippen molar-refractivity contribution in [3.05, 3.63) is 105 Å². The van der Waals surface area contributed by atoms with Gasteiger partial charge in [0.15, 0.2) is 0 Å². The molecule has 0 spiro atoms. The van der Waals surface area contributed by atoms with E-state index in [0.29, 0.717) is 23.5 Å². The second-order valence-electron chi connectivity index (χ2n) is 8.10. The molecule has 0 saturated heterocycles. The van der Waals surface area contributed by atoms with Crippen LogP contribution < -0.4 is 15.6 Å². The van der Waals surface area contributed by atoms with Crippen LogP contribution in [0.3, 0.4) is 0 Å². The number of nitrogens with zero attached hydrogens (tertiary/aromatic N) is 1. The van der Waals surface area contributed by atoms with Crippen LogP contribution in [0.4, 0.5) is 10.5 Å². The van der Waals surface area contributed by atoms with Crippen LogP contribution in [0.2, 0.25) is 0 Å². The summed E-state index contributed by atoms with van der Waals surface area (Å²) in [7, 11) is 1.60. The number of H-pyrrole nitrogens is 1. The first-order chi connectivity index (χ1) is 15.9. The number of hydrogen-bond acceptors (Lipinski definition) is 3. The molecular formula is C27H27N3O3.